The maximum atomic E-state index is 12.2. The lowest BCUT2D eigenvalue weighted by atomic mass is 10.1. The second kappa shape index (κ2) is 5.99. The van der Waals surface area contributed by atoms with Crippen molar-refractivity contribution in [3.63, 3.8) is 0 Å². The number of fused-ring (bicyclic) bond motifs is 1. The molecule has 0 aliphatic carbocycles. The highest BCUT2D eigenvalue weighted by molar-refractivity contribution is 6.13. The van der Waals surface area contributed by atoms with Gasteiger partial charge in [-0.1, -0.05) is 0 Å². The number of hydrogen-bond donors (Lipinski definition) is 0. The molecule has 5 nitrogen and oxygen atoms in total. The van der Waals surface area contributed by atoms with Crippen LogP contribution in [0, 0.1) is 6.92 Å². The quantitative estimate of drug-likeness (QED) is 0.630. The van der Waals surface area contributed by atoms with Crippen LogP contribution in [0.1, 0.15) is 36.7 Å². The summed E-state index contributed by atoms with van der Waals surface area (Å²) < 4.78 is 15.9. The molecule has 1 aliphatic rings. The zero-order valence-corrected chi connectivity index (χ0v) is 12.6. The number of hydrogen-bond acceptors (Lipinski definition) is 5. The second-order valence-electron chi connectivity index (χ2n) is 4.92. The lowest BCUT2D eigenvalue weighted by molar-refractivity contribution is -0.145. The van der Waals surface area contributed by atoms with Crippen LogP contribution in [0.4, 0.5) is 0 Å². The van der Waals surface area contributed by atoms with E-state index in [4.69, 9.17) is 14.2 Å². The number of rotatable bonds is 4. The molecule has 0 atom stereocenters. The Labute approximate surface area is 123 Å². The van der Waals surface area contributed by atoms with Crippen LogP contribution in [-0.4, -0.2) is 25.0 Å². The van der Waals surface area contributed by atoms with Crippen molar-refractivity contribution in [1.82, 2.24) is 0 Å². The van der Waals surface area contributed by atoms with Gasteiger partial charge in [-0.3, -0.25) is 4.79 Å². The maximum Gasteiger partial charge on any atom is 0.344 e. The van der Waals surface area contributed by atoms with Crippen LogP contribution in [0.15, 0.2) is 23.5 Å². The molecule has 0 aromatic heterocycles. The van der Waals surface area contributed by atoms with Gasteiger partial charge in [0.25, 0.3) is 0 Å². The Morgan fingerprint density at radius 2 is 2.00 bits per heavy atom. The Hall–Kier alpha value is -2.30. The Balaban J connectivity index is 2.23. The van der Waals surface area contributed by atoms with Crippen LogP contribution < -0.4 is 9.47 Å². The van der Waals surface area contributed by atoms with E-state index in [1.54, 1.807) is 26.0 Å². The third-order valence-electron chi connectivity index (χ3n) is 3.12. The summed E-state index contributed by atoms with van der Waals surface area (Å²) in [4.78, 5) is 23.5. The number of Topliss-reactive ketones (excluding diaryl/α,β-unsaturated/α-hetero) is 1. The number of benzene rings is 1. The number of allylic oxidation sites excluding steroid dienone is 2. The topological polar surface area (TPSA) is 61.8 Å². The molecule has 1 heterocycles. The highest BCUT2D eigenvalue weighted by Crippen LogP contribution is 2.39. The number of ether oxygens (including phenoxy) is 3. The zero-order chi connectivity index (χ0) is 15.6. The molecule has 5 heteroatoms. The van der Waals surface area contributed by atoms with E-state index in [0.29, 0.717) is 35.0 Å². The fourth-order valence-corrected chi connectivity index (χ4v) is 2.08. The fraction of sp³-hybridized carbons (Fsp3) is 0.375. The van der Waals surface area contributed by atoms with Gasteiger partial charge in [0.05, 0.1) is 12.2 Å². The molecule has 2 rings (SSSR count). The van der Waals surface area contributed by atoms with Gasteiger partial charge in [0.1, 0.15) is 11.5 Å². The van der Waals surface area contributed by atoms with E-state index in [1.807, 2.05) is 13.8 Å². The minimum atomic E-state index is -0.431. The Morgan fingerprint density at radius 3 is 2.62 bits per heavy atom. The van der Waals surface area contributed by atoms with Gasteiger partial charge < -0.3 is 14.2 Å². The smallest absolute Gasteiger partial charge is 0.344 e. The summed E-state index contributed by atoms with van der Waals surface area (Å²) in [6.07, 6.45) is 0. The van der Waals surface area contributed by atoms with E-state index >= 15 is 0 Å². The average molecular weight is 290 g/mol. The van der Waals surface area contributed by atoms with Gasteiger partial charge in [-0.15, -0.1) is 0 Å². The van der Waals surface area contributed by atoms with Crippen LogP contribution in [-0.2, 0) is 9.53 Å². The van der Waals surface area contributed by atoms with Crippen molar-refractivity contribution in [2.24, 2.45) is 0 Å². The van der Waals surface area contributed by atoms with E-state index in [1.165, 1.54) is 0 Å². The summed E-state index contributed by atoms with van der Waals surface area (Å²) in [7, 11) is 0. The highest BCUT2D eigenvalue weighted by atomic mass is 16.6. The molecule has 0 N–H and O–H groups in total. The van der Waals surface area contributed by atoms with Crippen LogP contribution >= 0.6 is 0 Å². The summed E-state index contributed by atoms with van der Waals surface area (Å²) in [5, 5.41) is 0. The van der Waals surface area contributed by atoms with Crippen molar-refractivity contribution < 1.29 is 23.8 Å². The maximum absolute atomic E-state index is 12.2. The Kier molecular flexibility index (Phi) is 4.31. The molecule has 0 amide bonds. The predicted molar refractivity (Wildman–Crippen MR) is 76.6 cm³/mol. The average Bonchev–Trinajstić information content (AvgIpc) is 2.77. The van der Waals surface area contributed by atoms with Crippen molar-refractivity contribution in [1.29, 1.82) is 0 Å². The van der Waals surface area contributed by atoms with Crippen LogP contribution in [0.3, 0.4) is 0 Å². The predicted octanol–water partition coefficient (Wildman–Crippen LogP) is 2.81. The molecule has 21 heavy (non-hydrogen) atoms. The van der Waals surface area contributed by atoms with Crippen molar-refractivity contribution in [3.05, 3.63) is 34.6 Å². The molecule has 0 spiro atoms. The first-order valence-corrected chi connectivity index (χ1v) is 6.77. The Morgan fingerprint density at radius 1 is 1.29 bits per heavy atom. The molecule has 1 aromatic rings. The summed E-state index contributed by atoms with van der Waals surface area (Å²) in [5.41, 5.74) is 2.04. The van der Waals surface area contributed by atoms with Crippen LogP contribution in [0.5, 0.6) is 11.5 Å². The fourth-order valence-electron chi connectivity index (χ4n) is 2.08. The first kappa shape index (κ1) is 15.1. The molecule has 1 aliphatic heterocycles. The number of carbonyl (C=O) groups excluding carboxylic acids is 2. The summed E-state index contributed by atoms with van der Waals surface area (Å²) in [5.74, 6) is 0.808. The largest absolute Gasteiger partial charge is 0.481 e. The van der Waals surface area contributed by atoms with Crippen molar-refractivity contribution in [3.8, 4) is 11.5 Å². The number of esters is 1. The monoisotopic (exact) mass is 290 g/mol. The molecule has 0 saturated carbocycles. The summed E-state index contributed by atoms with van der Waals surface area (Å²) in [6.45, 7) is 7.32. The van der Waals surface area contributed by atoms with E-state index in [0.717, 1.165) is 5.57 Å². The number of ketones is 1. The summed E-state index contributed by atoms with van der Waals surface area (Å²) in [6, 6.07) is 3.32. The molecule has 0 saturated heterocycles. The molecule has 1 aromatic carbocycles. The summed E-state index contributed by atoms with van der Waals surface area (Å²) >= 11 is 0. The lowest BCUT2D eigenvalue weighted by Crippen LogP contribution is -2.15. The first-order valence-electron chi connectivity index (χ1n) is 6.77. The van der Waals surface area contributed by atoms with Crippen LogP contribution in [0.2, 0.25) is 0 Å². The highest BCUT2D eigenvalue weighted by Gasteiger charge is 2.30. The van der Waals surface area contributed by atoms with Gasteiger partial charge in [-0.05, 0) is 45.4 Å². The molecule has 0 radical (unpaired) electrons. The minimum Gasteiger partial charge on any atom is -0.481 e. The van der Waals surface area contributed by atoms with Crippen LogP contribution in [0.25, 0.3) is 0 Å². The molecule has 0 fully saturated rings. The van der Waals surface area contributed by atoms with Crippen molar-refractivity contribution in [2.75, 3.05) is 13.2 Å². The molecule has 0 unspecified atom stereocenters. The zero-order valence-electron chi connectivity index (χ0n) is 12.6. The van der Waals surface area contributed by atoms with Gasteiger partial charge >= 0.3 is 5.97 Å². The SMILES string of the molecule is CCOC(=O)COc1ccc2c(c1C)OC(=C(C)C)C2=O. The molecule has 0 bridgehead atoms. The lowest BCUT2D eigenvalue weighted by Gasteiger charge is -2.11. The molecular weight excluding hydrogens is 272 g/mol. The van der Waals surface area contributed by atoms with Gasteiger partial charge in [0, 0.05) is 5.56 Å². The van der Waals surface area contributed by atoms with Gasteiger partial charge in [0.15, 0.2) is 12.4 Å². The Bertz CT molecular complexity index is 624. The van der Waals surface area contributed by atoms with E-state index < -0.39 is 5.97 Å². The normalized spacial score (nSPS) is 12.8. The van der Waals surface area contributed by atoms with Crippen molar-refractivity contribution >= 4 is 11.8 Å². The second-order valence-corrected chi connectivity index (χ2v) is 4.92. The van der Waals surface area contributed by atoms with Gasteiger partial charge in [-0.25, -0.2) is 4.79 Å². The van der Waals surface area contributed by atoms with Crippen molar-refractivity contribution in [2.45, 2.75) is 27.7 Å². The molecule has 112 valence electrons. The number of carbonyl (C=O) groups is 2. The van der Waals surface area contributed by atoms with E-state index in [-0.39, 0.29) is 12.4 Å². The minimum absolute atomic E-state index is 0.120. The standard InChI is InChI=1S/C16H18O5/c1-5-19-13(17)8-20-12-7-6-11-14(18)15(9(2)3)21-16(11)10(12)4/h6-7H,5,8H2,1-4H3. The van der Waals surface area contributed by atoms with Gasteiger partial charge in [-0.2, -0.15) is 0 Å². The third kappa shape index (κ3) is 2.91. The van der Waals surface area contributed by atoms with Gasteiger partial charge in [0.2, 0.25) is 5.78 Å². The third-order valence-corrected chi connectivity index (χ3v) is 3.12. The van der Waals surface area contributed by atoms with E-state index in [2.05, 4.69) is 0 Å². The first-order chi connectivity index (χ1) is 9.95. The molecular formula is C16H18O5. The van der Waals surface area contributed by atoms with E-state index in [9.17, 15) is 9.59 Å².